The molecule has 2 heterocycles. The summed E-state index contributed by atoms with van der Waals surface area (Å²) in [6.45, 7) is 3.85. The third kappa shape index (κ3) is 6.48. The molecule has 0 saturated heterocycles. The first kappa shape index (κ1) is 21.7. The van der Waals surface area contributed by atoms with Gasteiger partial charge in [-0.1, -0.05) is 30.3 Å². The molecule has 7 nitrogen and oxygen atoms in total. The first-order valence-electron chi connectivity index (χ1n) is 10.5. The first-order valence-corrected chi connectivity index (χ1v) is 10.5. The zero-order valence-electron chi connectivity index (χ0n) is 18.4. The SMILES string of the molecule is Cc1ccnc(Nc2cc(Nc3ccc(NC(=O)/C=C/c4ccccc4)cc3)nc(C)n2)c1. The third-order valence-corrected chi connectivity index (χ3v) is 4.66. The van der Waals surface area contributed by atoms with Crippen molar-refractivity contribution in [1.29, 1.82) is 0 Å². The number of rotatable bonds is 7. The van der Waals surface area contributed by atoms with Gasteiger partial charge < -0.3 is 16.0 Å². The summed E-state index contributed by atoms with van der Waals surface area (Å²) in [5.74, 6) is 2.47. The van der Waals surface area contributed by atoms with Crippen LogP contribution in [0.3, 0.4) is 0 Å². The first-order chi connectivity index (χ1) is 16.0. The fraction of sp³-hybridized carbons (Fsp3) is 0.0769. The van der Waals surface area contributed by atoms with Crippen molar-refractivity contribution in [3.8, 4) is 0 Å². The number of benzene rings is 2. The summed E-state index contributed by atoms with van der Waals surface area (Å²) in [6.07, 6.45) is 5.05. The van der Waals surface area contributed by atoms with E-state index < -0.39 is 0 Å². The number of hydrogen-bond acceptors (Lipinski definition) is 6. The largest absolute Gasteiger partial charge is 0.340 e. The van der Waals surface area contributed by atoms with Gasteiger partial charge in [0.05, 0.1) is 0 Å². The van der Waals surface area contributed by atoms with Gasteiger partial charge in [-0.25, -0.2) is 15.0 Å². The number of carbonyl (C=O) groups is 1. The molecule has 4 aromatic rings. The second kappa shape index (κ2) is 10.2. The molecule has 0 aliphatic carbocycles. The van der Waals surface area contributed by atoms with Crippen LogP contribution < -0.4 is 16.0 Å². The Morgan fingerprint density at radius 2 is 1.48 bits per heavy atom. The maximum Gasteiger partial charge on any atom is 0.248 e. The molecule has 7 heteroatoms. The quantitative estimate of drug-likeness (QED) is 0.325. The summed E-state index contributed by atoms with van der Waals surface area (Å²) >= 11 is 0. The van der Waals surface area contributed by atoms with Gasteiger partial charge in [0.25, 0.3) is 0 Å². The molecule has 0 atom stereocenters. The third-order valence-electron chi connectivity index (χ3n) is 4.66. The topological polar surface area (TPSA) is 91.8 Å². The lowest BCUT2D eigenvalue weighted by Crippen LogP contribution is -2.07. The van der Waals surface area contributed by atoms with E-state index in [-0.39, 0.29) is 5.91 Å². The Morgan fingerprint density at radius 1 is 0.788 bits per heavy atom. The summed E-state index contributed by atoms with van der Waals surface area (Å²) < 4.78 is 0. The lowest BCUT2D eigenvalue weighted by Gasteiger charge is -2.11. The van der Waals surface area contributed by atoms with E-state index in [9.17, 15) is 4.79 Å². The van der Waals surface area contributed by atoms with Crippen LogP contribution in [-0.2, 0) is 4.79 Å². The average molecular weight is 437 g/mol. The minimum absolute atomic E-state index is 0.188. The summed E-state index contributed by atoms with van der Waals surface area (Å²) in [4.78, 5) is 25.4. The average Bonchev–Trinajstić information content (AvgIpc) is 2.79. The van der Waals surface area contributed by atoms with Gasteiger partial charge in [-0.05, 0) is 67.4 Å². The smallest absolute Gasteiger partial charge is 0.248 e. The van der Waals surface area contributed by atoms with Crippen LogP contribution in [0, 0.1) is 13.8 Å². The summed E-state index contributed by atoms with van der Waals surface area (Å²) in [6, 6.07) is 22.8. The van der Waals surface area contributed by atoms with Crippen molar-refractivity contribution in [1.82, 2.24) is 15.0 Å². The number of nitrogens with one attached hydrogen (secondary N) is 3. The van der Waals surface area contributed by atoms with Crippen LogP contribution in [-0.4, -0.2) is 20.9 Å². The monoisotopic (exact) mass is 436 g/mol. The molecule has 0 fully saturated rings. The molecule has 4 rings (SSSR count). The number of hydrogen-bond donors (Lipinski definition) is 3. The van der Waals surface area contributed by atoms with E-state index in [0.717, 1.165) is 22.6 Å². The molecule has 0 unspecified atom stereocenters. The van der Waals surface area contributed by atoms with Crippen LogP contribution >= 0.6 is 0 Å². The van der Waals surface area contributed by atoms with Crippen LogP contribution in [0.1, 0.15) is 17.0 Å². The van der Waals surface area contributed by atoms with E-state index >= 15 is 0 Å². The summed E-state index contributed by atoms with van der Waals surface area (Å²) in [5, 5.41) is 9.34. The molecule has 3 N–H and O–H groups in total. The lowest BCUT2D eigenvalue weighted by molar-refractivity contribution is -0.111. The Balaban J connectivity index is 1.39. The highest BCUT2D eigenvalue weighted by Crippen LogP contribution is 2.21. The molecule has 0 bridgehead atoms. The van der Waals surface area contributed by atoms with Crippen molar-refractivity contribution >= 4 is 40.8 Å². The van der Waals surface area contributed by atoms with E-state index in [0.29, 0.717) is 23.1 Å². The van der Waals surface area contributed by atoms with Gasteiger partial charge in [0, 0.05) is 29.7 Å². The zero-order valence-corrected chi connectivity index (χ0v) is 18.4. The van der Waals surface area contributed by atoms with Gasteiger partial charge in [-0.15, -0.1) is 0 Å². The predicted octanol–water partition coefficient (Wildman–Crippen LogP) is 5.63. The van der Waals surface area contributed by atoms with Gasteiger partial charge in [-0.2, -0.15) is 0 Å². The van der Waals surface area contributed by atoms with Crippen molar-refractivity contribution < 1.29 is 4.79 Å². The Labute approximate surface area is 192 Å². The highest BCUT2D eigenvalue weighted by atomic mass is 16.1. The van der Waals surface area contributed by atoms with Gasteiger partial charge in [-0.3, -0.25) is 4.79 Å². The number of pyridine rings is 1. The highest BCUT2D eigenvalue weighted by molar-refractivity contribution is 6.02. The van der Waals surface area contributed by atoms with E-state index in [4.69, 9.17) is 0 Å². The Morgan fingerprint density at radius 3 is 2.21 bits per heavy atom. The second-order valence-corrected chi connectivity index (χ2v) is 7.46. The van der Waals surface area contributed by atoms with Crippen molar-refractivity contribution in [2.45, 2.75) is 13.8 Å². The number of carbonyl (C=O) groups excluding carboxylic acids is 1. The Kier molecular flexibility index (Phi) is 6.70. The molecule has 2 aromatic heterocycles. The number of nitrogens with zero attached hydrogens (tertiary/aromatic N) is 3. The second-order valence-electron chi connectivity index (χ2n) is 7.46. The number of amides is 1. The lowest BCUT2D eigenvalue weighted by atomic mass is 10.2. The van der Waals surface area contributed by atoms with Gasteiger partial charge in [0.15, 0.2) is 0 Å². The predicted molar refractivity (Wildman–Crippen MR) is 133 cm³/mol. The van der Waals surface area contributed by atoms with Crippen LogP contribution in [0.15, 0.2) is 85.1 Å². The number of aromatic nitrogens is 3. The molecule has 1 amide bonds. The van der Waals surface area contributed by atoms with Crippen molar-refractivity contribution in [3.05, 3.63) is 102 Å². The minimum Gasteiger partial charge on any atom is -0.340 e. The van der Waals surface area contributed by atoms with E-state index in [1.807, 2.05) is 86.6 Å². The van der Waals surface area contributed by atoms with Crippen LogP contribution in [0.4, 0.5) is 28.8 Å². The van der Waals surface area contributed by atoms with Crippen LogP contribution in [0.2, 0.25) is 0 Å². The molecule has 2 aromatic carbocycles. The van der Waals surface area contributed by atoms with Crippen molar-refractivity contribution in [2.24, 2.45) is 0 Å². The molecule has 33 heavy (non-hydrogen) atoms. The fourth-order valence-corrected chi connectivity index (χ4v) is 3.14. The molecular formula is C26H24N6O. The molecule has 0 aliphatic heterocycles. The normalized spacial score (nSPS) is 10.7. The molecule has 0 spiro atoms. The fourth-order valence-electron chi connectivity index (χ4n) is 3.14. The maximum absolute atomic E-state index is 12.2. The molecule has 164 valence electrons. The van der Waals surface area contributed by atoms with E-state index in [2.05, 4.69) is 30.9 Å². The van der Waals surface area contributed by atoms with Gasteiger partial charge in [0.1, 0.15) is 23.3 Å². The number of aryl methyl sites for hydroxylation is 2. The molecule has 0 saturated carbocycles. The van der Waals surface area contributed by atoms with Crippen LogP contribution in [0.25, 0.3) is 6.08 Å². The van der Waals surface area contributed by atoms with Crippen LogP contribution in [0.5, 0.6) is 0 Å². The Bertz CT molecular complexity index is 1270. The van der Waals surface area contributed by atoms with Gasteiger partial charge >= 0.3 is 0 Å². The maximum atomic E-state index is 12.2. The number of anilines is 5. The van der Waals surface area contributed by atoms with Gasteiger partial charge in [0.2, 0.25) is 5.91 Å². The molecular weight excluding hydrogens is 412 g/mol. The van der Waals surface area contributed by atoms with Crippen molar-refractivity contribution in [2.75, 3.05) is 16.0 Å². The molecule has 0 radical (unpaired) electrons. The van der Waals surface area contributed by atoms with E-state index in [1.165, 1.54) is 6.08 Å². The standard InChI is InChI=1S/C26H24N6O/c1-18-14-15-27-23(16-18)32-25-17-24(28-19(2)29-25)30-21-9-11-22(12-10-21)31-26(33)13-8-20-6-4-3-5-7-20/h3-17H,1-2H3,(H,31,33)(H2,27,28,29,30,32)/b13-8+. The summed E-state index contributed by atoms with van der Waals surface area (Å²) in [5.41, 5.74) is 3.62. The zero-order chi connectivity index (χ0) is 23.0. The molecule has 0 aliphatic rings. The van der Waals surface area contributed by atoms with Crippen molar-refractivity contribution in [3.63, 3.8) is 0 Å². The summed E-state index contributed by atoms with van der Waals surface area (Å²) in [7, 11) is 0. The van der Waals surface area contributed by atoms with E-state index in [1.54, 1.807) is 12.3 Å². The Hall–Kier alpha value is -4.52. The minimum atomic E-state index is -0.188. The highest BCUT2D eigenvalue weighted by Gasteiger charge is 2.05.